The van der Waals surface area contributed by atoms with E-state index in [1.54, 1.807) is 12.1 Å². The number of halogens is 1. The number of hydrogen-bond acceptors (Lipinski definition) is 3. The van der Waals surface area contributed by atoms with Crippen LogP contribution < -0.4 is 5.32 Å². The lowest BCUT2D eigenvalue weighted by atomic mass is 10.2. The number of nitrogens with zero attached hydrogens (tertiary/aromatic N) is 3. The Morgan fingerprint density at radius 1 is 1.32 bits per heavy atom. The molecule has 3 rings (SSSR count). The molecule has 0 amide bonds. The summed E-state index contributed by atoms with van der Waals surface area (Å²) >= 11 is 0. The first kappa shape index (κ1) is 12.3. The molecule has 1 aliphatic rings. The Hall–Kier alpha value is -1.75. The van der Waals surface area contributed by atoms with Gasteiger partial charge in [0.2, 0.25) is 0 Å². The smallest absolute Gasteiger partial charge is 0.149 e. The van der Waals surface area contributed by atoms with E-state index in [-0.39, 0.29) is 11.9 Å². The molecule has 0 saturated heterocycles. The van der Waals surface area contributed by atoms with E-state index >= 15 is 0 Å². The molecule has 0 radical (unpaired) electrons. The minimum absolute atomic E-state index is 0.143. The normalized spacial score (nSPS) is 15.5. The van der Waals surface area contributed by atoms with Crippen molar-refractivity contribution in [3.05, 3.63) is 47.3 Å². The highest BCUT2D eigenvalue weighted by atomic mass is 19.1. The minimum Gasteiger partial charge on any atom is -0.314 e. The highest BCUT2D eigenvalue weighted by Gasteiger charge is 2.20. The fourth-order valence-corrected chi connectivity index (χ4v) is 2.46. The fourth-order valence-electron chi connectivity index (χ4n) is 2.46. The van der Waals surface area contributed by atoms with Crippen molar-refractivity contribution in [1.29, 1.82) is 0 Å². The summed E-state index contributed by atoms with van der Waals surface area (Å²) in [4.78, 5) is 0. The molecule has 4 nitrogen and oxygen atoms in total. The maximum Gasteiger partial charge on any atom is 0.149 e. The van der Waals surface area contributed by atoms with Crippen LogP contribution in [0.4, 0.5) is 4.39 Å². The van der Waals surface area contributed by atoms with Gasteiger partial charge in [-0.2, -0.15) is 0 Å². The summed E-state index contributed by atoms with van der Waals surface area (Å²) in [6, 6.07) is 6.70. The molecule has 0 fully saturated rings. The van der Waals surface area contributed by atoms with Gasteiger partial charge in [-0.3, -0.25) is 0 Å². The van der Waals surface area contributed by atoms with Crippen LogP contribution in [0.3, 0.4) is 0 Å². The highest BCUT2D eigenvalue weighted by molar-refractivity contribution is 5.16. The van der Waals surface area contributed by atoms with Crippen molar-refractivity contribution in [2.24, 2.45) is 0 Å². The van der Waals surface area contributed by atoms with Gasteiger partial charge < -0.3 is 9.88 Å². The summed E-state index contributed by atoms with van der Waals surface area (Å²) in [6.07, 6.45) is 2.18. The largest absolute Gasteiger partial charge is 0.314 e. The van der Waals surface area contributed by atoms with Crippen LogP contribution in [-0.4, -0.2) is 14.8 Å². The molecule has 0 spiro atoms. The second-order valence-electron chi connectivity index (χ2n) is 4.96. The molecule has 2 aromatic rings. The molecular formula is C14H17FN4. The maximum absolute atomic E-state index is 12.8. The monoisotopic (exact) mass is 260 g/mol. The van der Waals surface area contributed by atoms with Gasteiger partial charge in [0.15, 0.2) is 0 Å². The van der Waals surface area contributed by atoms with Gasteiger partial charge in [-0.1, -0.05) is 12.1 Å². The van der Waals surface area contributed by atoms with Crippen molar-refractivity contribution in [2.45, 2.75) is 38.9 Å². The number of aryl methyl sites for hydroxylation is 1. The lowest BCUT2D eigenvalue weighted by Gasteiger charge is -2.13. The van der Waals surface area contributed by atoms with Gasteiger partial charge in [-0.05, 0) is 31.0 Å². The minimum atomic E-state index is -0.202. The van der Waals surface area contributed by atoms with Crippen LogP contribution in [0.2, 0.25) is 0 Å². The van der Waals surface area contributed by atoms with E-state index in [0.717, 1.165) is 36.6 Å². The van der Waals surface area contributed by atoms with Crippen LogP contribution in [0.25, 0.3) is 0 Å². The first-order valence-corrected chi connectivity index (χ1v) is 6.64. The first-order valence-electron chi connectivity index (χ1n) is 6.64. The summed E-state index contributed by atoms with van der Waals surface area (Å²) < 4.78 is 15.0. The second kappa shape index (κ2) is 5.09. The van der Waals surface area contributed by atoms with Crippen LogP contribution in [0, 0.1) is 5.82 Å². The lowest BCUT2D eigenvalue weighted by molar-refractivity contribution is 0.515. The van der Waals surface area contributed by atoms with E-state index in [2.05, 4.69) is 27.0 Å². The average molecular weight is 260 g/mol. The Kier molecular flexibility index (Phi) is 3.29. The molecule has 0 bridgehead atoms. The summed E-state index contributed by atoms with van der Waals surface area (Å²) in [7, 11) is 0. The highest BCUT2D eigenvalue weighted by Crippen LogP contribution is 2.19. The van der Waals surface area contributed by atoms with E-state index in [0.29, 0.717) is 6.54 Å². The maximum atomic E-state index is 12.8. The quantitative estimate of drug-likeness (QED) is 0.916. The van der Waals surface area contributed by atoms with Crippen molar-refractivity contribution < 1.29 is 4.39 Å². The second-order valence-corrected chi connectivity index (χ2v) is 4.96. The Morgan fingerprint density at radius 2 is 2.11 bits per heavy atom. The third kappa shape index (κ3) is 2.51. The molecule has 1 aromatic heterocycles. The summed E-state index contributed by atoms with van der Waals surface area (Å²) in [5.41, 5.74) is 1.06. The van der Waals surface area contributed by atoms with Gasteiger partial charge in [0.1, 0.15) is 17.5 Å². The summed E-state index contributed by atoms with van der Waals surface area (Å²) in [5, 5.41) is 11.9. The van der Waals surface area contributed by atoms with E-state index in [1.165, 1.54) is 12.1 Å². The zero-order chi connectivity index (χ0) is 13.2. The third-order valence-electron chi connectivity index (χ3n) is 3.55. The molecule has 100 valence electrons. The topological polar surface area (TPSA) is 42.7 Å². The van der Waals surface area contributed by atoms with Crippen molar-refractivity contribution in [3.8, 4) is 0 Å². The molecule has 0 aliphatic carbocycles. The van der Waals surface area contributed by atoms with Crippen molar-refractivity contribution in [1.82, 2.24) is 20.1 Å². The number of benzene rings is 1. The van der Waals surface area contributed by atoms with Gasteiger partial charge in [0.05, 0.1) is 6.04 Å². The predicted molar refractivity (Wildman–Crippen MR) is 70.0 cm³/mol. The van der Waals surface area contributed by atoms with Crippen molar-refractivity contribution in [2.75, 3.05) is 0 Å². The molecule has 1 atom stereocenters. The van der Waals surface area contributed by atoms with Crippen LogP contribution in [-0.2, 0) is 19.5 Å². The average Bonchev–Trinajstić information content (AvgIpc) is 3.00. The number of nitrogens with one attached hydrogen (secondary N) is 1. The summed E-state index contributed by atoms with van der Waals surface area (Å²) in [5.74, 6) is 1.88. The number of aromatic nitrogens is 3. The van der Waals surface area contributed by atoms with E-state index < -0.39 is 0 Å². The van der Waals surface area contributed by atoms with Crippen LogP contribution in [0.15, 0.2) is 24.3 Å². The van der Waals surface area contributed by atoms with E-state index in [9.17, 15) is 4.39 Å². The molecule has 1 aliphatic heterocycles. The van der Waals surface area contributed by atoms with Crippen molar-refractivity contribution >= 4 is 0 Å². The van der Waals surface area contributed by atoms with Crippen LogP contribution in [0.1, 0.15) is 36.6 Å². The molecular weight excluding hydrogens is 243 g/mol. The third-order valence-corrected chi connectivity index (χ3v) is 3.55. The SMILES string of the molecule is CC(NCc1ccc(F)cc1)c1nnc2n1CCC2. The number of rotatable bonds is 4. The summed E-state index contributed by atoms with van der Waals surface area (Å²) in [6.45, 7) is 3.79. The zero-order valence-electron chi connectivity index (χ0n) is 10.9. The van der Waals surface area contributed by atoms with E-state index in [4.69, 9.17) is 0 Å². The van der Waals surface area contributed by atoms with Gasteiger partial charge >= 0.3 is 0 Å². The Bertz CT molecular complexity index is 561. The fraction of sp³-hybridized carbons (Fsp3) is 0.429. The van der Waals surface area contributed by atoms with Gasteiger partial charge in [-0.15, -0.1) is 10.2 Å². The lowest BCUT2D eigenvalue weighted by Crippen LogP contribution is -2.21. The van der Waals surface area contributed by atoms with Crippen LogP contribution >= 0.6 is 0 Å². The molecule has 1 N–H and O–H groups in total. The van der Waals surface area contributed by atoms with E-state index in [1.807, 2.05) is 0 Å². The Balaban J connectivity index is 1.65. The van der Waals surface area contributed by atoms with Crippen molar-refractivity contribution in [3.63, 3.8) is 0 Å². The Labute approximate surface area is 111 Å². The molecule has 0 saturated carbocycles. The zero-order valence-corrected chi connectivity index (χ0v) is 10.9. The molecule has 5 heteroatoms. The Morgan fingerprint density at radius 3 is 2.89 bits per heavy atom. The first-order chi connectivity index (χ1) is 9.24. The van der Waals surface area contributed by atoms with Gasteiger partial charge in [0.25, 0.3) is 0 Å². The van der Waals surface area contributed by atoms with Crippen LogP contribution in [0.5, 0.6) is 0 Å². The standard InChI is InChI=1S/C14H17FN4/c1-10(14-18-17-13-3-2-8-19(13)14)16-9-11-4-6-12(15)7-5-11/h4-7,10,16H,2-3,8-9H2,1H3. The van der Waals surface area contributed by atoms with Gasteiger partial charge in [0, 0.05) is 19.5 Å². The predicted octanol–water partition coefficient (Wildman–Crippen LogP) is 2.21. The number of fused-ring (bicyclic) bond motifs is 1. The molecule has 1 unspecified atom stereocenters. The van der Waals surface area contributed by atoms with Gasteiger partial charge in [-0.25, -0.2) is 4.39 Å². The number of hydrogen-bond donors (Lipinski definition) is 1. The molecule has 19 heavy (non-hydrogen) atoms. The molecule has 1 aromatic carbocycles. The molecule has 2 heterocycles.